The molecule has 1 N–H and O–H groups in total. The van der Waals surface area contributed by atoms with Crippen LogP contribution >= 0.6 is 11.6 Å². The van der Waals surface area contributed by atoms with Gasteiger partial charge >= 0.3 is 12.3 Å². The van der Waals surface area contributed by atoms with Gasteiger partial charge < -0.3 is 19.3 Å². The SMILES string of the molecule is CCOC(=O)Oc1cc(COc2ccc(C(C)C(O)(c3ccnc(C)c3)C(F)(F)F)c(Cl)c2)ccn1. The van der Waals surface area contributed by atoms with Gasteiger partial charge in [0.25, 0.3) is 0 Å². The van der Waals surface area contributed by atoms with Gasteiger partial charge in [-0.3, -0.25) is 4.98 Å². The molecule has 0 radical (unpaired) electrons. The first kappa shape index (κ1) is 27.2. The molecule has 0 aliphatic carbocycles. The van der Waals surface area contributed by atoms with Crippen molar-refractivity contribution in [2.45, 2.75) is 45.1 Å². The molecule has 0 fully saturated rings. The highest BCUT2D eigenvalue weighted by molar-refractivity contribution is 6.31. The van der Waals surface area contributed by atoms with E-state index in [1.54, 1.807) is 19.9 Å². The molecule has 2 heterocycles. The highest BCUT2D eigenvalue weighted by Crippen LogP contribution is 2.50. The van der Waals surface area contributed by atoms with Gasteiger partial charge in [0, 0.05) is 35.1 Å². The maximum atomic E-state index is 14.1. The lowest BCUT2D eigenvalue weighted by atomic mass is 9.78. The number of pyridine rings is 2. The predicted octanol–water partition coefficient (Wildman–Crippen LogP) is 6.11. The summed E-state index contributed by atoms with van der Waals surface area (Å²) in [7, 11) is 0. The lowest BCUT2D eigenvalue weighted by Crippen LogP contribution is -2.46. The maximum absolute atomic E-state index is 14.1. The van der Waals surface area contributed by atoms with Crippen molar-refractivity contribution in [3.63, 3.8) is 0 Å². The van der Waals surface area contributed by atoms with Gasteiger partial charge in [0.15, 0.2) is 5.60 Å². The summed E-state index contributed by atoms with van der Waals surface area (Å²) < 4.78 is 57.8. The van der Waals surface area contributed by atoms with Crippen LogP contribution in [0.1, 0.15) is 42.1 Å². The second-order valence-corrected chi connectivity index (χ2v) is 8.34. The normalized spacial score (nSPS) is 14.0. The van der Waals surface area contributed by atoms with E-state index >= 15 is 0 Å². The van der Waals surface area contributed by atoms with Crippen molar-refractivity contribution >= 4 is 17.8 Å². The van der Waals surface area contributed by atoms with Crippen LogP contribution in [-0.4, -0.2) is 34.0 Å². The summed E-state index contributed by atoms with van der Waals surface area (Å²) in [5.41, 5.74) is -2.49. The fraction of sp³-hybridized carbons (Fsp3) is 0.320. The number of rotatable bonds is 8. The summed E-state index contributed by atoms with van der Waals surface area (Å²) in [5, 5.41) is 10.9. The van der Waals surface area contributed by atoms with E-state index in [2.05, 4.69) is 9.97 Å². The molecule has 0 aliphatic heterocycles. The van der Waals surface area contributed by atoms with Gasteiger partial charge in [0.2, 0.25) is 5.88 Å². The van der Waals surface area contributed by atoms with Gasteiger partial charge in [0.1, 0.15) is 12.4 Å². The Kier molecular flexibility index (Phi) is 8.42. The second-order valence-electron chi connectivity index (χ2n) is 7.93. The average Bonchev–Trinajstić information content (AvgIpc) is 2.81. The van der Waals surface area contributed by atoms with Gasteiger partial charge in [-0.25, -0.2) is 9.78 Å². The highest BCUT2D eigenvalue weighted by Gasteiger charge is 2.59. The van der Waals surface area contributed by atoms with Crippen LogP contribution in [0, 0.1) is 6.92 Å². The molecule has 0 bridgehead atoms. The largest absolute Gasteiger partial charge is 0.515 e. The number of hydrogen-bond acceptors (Lipinski definition) is 7. The van der Waals surface area contributed by atoms with Gasteiger partial charge in [-0.15, -0.1) is 0 Å². The monoisotopic (exact) mass is 524 g/mol. The smallest absolute Gasteiger partial charge is 0.489 e. The molecule has 0 aliphatic rings. The molecular formula is C25H24ClF3N2O5. The Morgan fingerprint density at radius 3 is 2.47 bits per heavy atom. The van der Waals surface area contributed by atoms with E-state index < -0.39 is 23.9 Å². The van der Waals surface area contributed by atoms with E-state index in [-0.39, 0.29) is 41.0 Å². The molecule has 2 unspecified atom stereocenters. The van der Waals surface area contributed by atoms with Crippen LogP contribution in [0.15, 0.2) is 54.9 Å². The van der Waals surface area contributed by atoms with Crippen LogP contribution in [0.2, 0.25) is 5.02 Å². The molecule has 2 atom stereocenters. The molecule has 0 amide bonds. The zero-order valence-electron chi connectivity index (χ0n) is 19.7. The third-order valence-electron chi connectivity index (χ3n) is 5.49. The number of aliphatic hydroxyl groups is 1. The van der Waals surface area contributed by atoms with Gasteiger partial charge in [-0.05, 0) is 60.9 Å². The first-order valence-corrected chi connectivity index (χ1v) is 11.3. The fourth-order valence-electron chi connectivity index (χ4n) is 3.61. The average molecular weight is 525 g/mol. The molecule has 192 valence electrons. The van der Waals surface area contributed by atoms with Crippen LogP contribution < -0.4 is 9.47 Å². The van der Waals surface area contributed by atoms with Crippen molar-refractivity contribution in [3.05, 3.63) is 82.3 Å². The number of aromatic nitrogens is 2. The zero-order valence-corrected chi connectivity index (χ0v) is 20.4. The Morgan fingerprint density at radius 2 is 1.83 bits per heavy atom. The van der Waals surface area contributed by atoms with Crippen molar-refractivity contribution in [1.82, 2.24) is 9.97 Å². The van der Waals surface area contributed by atoms with Crippen LogP contribution in [0.25, 0.3) is 0 Å². The second kappa shape index (κ2) is 11.1. The first-order chi connectivity index (χ1) is 17.0. The molecule has 11 heteroatoms. The molecular weight excluding hydrogens is 501 g/mol. The van der Waals surface area contributed by atoms with Crippen LogP contribution in [0.4, 0.5) is 18.0 Å². The molecule has 1 aromatic carbocycles. The third-order valence-corrected chi connectivity index (χ3v) is 5.82. The molecule has 3 rings (SSSR count). The van der Waals surface area contributed by atoms with Crippen molar-refractivity contribution in [2.24, 2.45) is 0 Å². The molecule has 0 saturated heterocycles. The van der Waals surface area contributed by atoms with Gasteiger partial charge in [0.05, 0.1) is 6.61 Å². The standard InChI is InChI=1S/C25H24ClF3N2O5/c1-4-34-23(32)36-22-12-17(7-9-31-22)14-35-19-5-6-20(21(26)13-19)16(3)24(33,25(27,28)29)18-8-10-30-15(2)11-18/h5-13,16,33H,4,14H2,1-3H3. The minimum atomic E-state index is -4.98. The summed E-state index contributed by atoms with van der Waals surface area (Å²) in [4.78, 5) is 19.3. The van der Waals surface area contributed by atoms with Crippen molar-refractivity contribution in [2.75, 3.05) is 6.61 Å². The molecule has 7 nitrogen and oxygen atoms in total. The number of nitrogens with zero attached hydrogens (tertiary/aromatic N) is 2. The summed E-state index contributed by atoms with van der Waals surface area (Å²) in [6, 6.07) is 9.67. The number of halogens is 4. The number of benzene rings is 1. The van der Waals surface area contributed by atoms with Gasteiger partial charge in [-0.1, -0.05) is 24.6 Å². The molecule has 0 spiro atoms. The Bertz CT molecular complexity index is 1220. The van der Waals surface area contributed by atoms with E-state index in [9.17, 15) is 23.1 Å². The fourth-order valence-corrected chi connectivity index (χ4v) is 3.95. The predicted molar refractivity (Wildman–Crippen MR) is 125 cm³/mol. The minimum absolute atomic E-state index is 0.00508. The number of aryl methyl sites for hydroxylation is 1. The maximum Gasteiger partial charge on any atom is 0.515 e. The summed E-state index contributed by atoms with van der Waals surface area (Å²) >= 11 is 6.34. The summed E-state index contributed by atoms with van der Waals surface area (Å²) in [6.45, 7) is 4.63. The van der Waals surface area contributed by atoms with E-state index in [1.165, 1.54) is 49.6 Å². The third kappa shape index (κ3) is 6.06. The van der Waals surface area contributed by atoms with E-state index in [4.69, 9.17) is 25.8 Å². The Labute approximate surface area is 210 Å². The number of carbonyl (C=O) groups is 1. The number of carbonyl (C=O) groups excluding carboxylic acids is 1. The van der Waals surface area contributed by atoms with Crippen molar-refractivity contribution < 1.29 is 37.3 Å². The summed E-state index contributed by atoms with van der Waals surface area (Å²) in [5.74, 6) is -1.13. The molecule has 0 saturated carbocycles. The lowest BCUT2D eigenvalue weighted by Gasteiger charge is -2.37. The Morgan fingerprint density at radius 1 is 1.11 bits per heavy atom. The Hall–Kier alpha value is -3.37. The molecule has 3 aromatic rings. The number of ether oxygens (including phenoxy) is 3. The van der Waals surface area contributed by atoms with Crippen LogP contribution in [0.3, 0.4) is 0 Å². The van der Waals surface area contributed by atoms with Crippen molar-refractivity contribution in [1.29, 1.82) is 0 Å². The van der Waals surface area contributed by atoms with E-state index in [1.807, 2.05) is 0 Å². The minimum Gasteiger partial charge on any atom is -0.489 e. The number of hydrogen-bond donors (Lipinski definition) is 1. The zero-order chi connectivity index (χ0) is 26.5. The summed E-state index contributed by atoms with van der Waals surface area (Å²) in [6.07, 6.45) is -3.23. The lowest BCUT2D eigenvalue weighted by molar-refractivity contribution is -0.274. The molecule has 2 aromatic heterocycles. The first-order valence-electron chi connectivity index (χ1n) is 10.9. The van der Waals surface area contributed by atoms with Gasteiger partial charge in [-0.2, -0.15) is 13.2 Å². The topological polar surface area (TPSA) is 90.8 Å². The highest BCUT2D eigenvalue weighted by atomic mass is 35.5. The number of alkyl halides is 3. The Balaban J connectivity index is 1.79. The van der Waals surface area contributed by atoms with Crippen LogP contribution in [0.5, 0.6) is 11.6 Å². The quantitative estimate of drug-likeness (QED) is 0.356. The van der Waals surface area contributed by atoms with E-state index in [0.29, 0.717) is 11.3 Å². The van der Waals surface area contributed by atoms with Crippen LogP contribution in [-0.2, 0) is 16.9 Å². The van der Waals surface area contributed by atoms with Crippen molar-refractivity contribution in [3.8, 4) is 11.6 Å². The van der Waals surface area contributed by atoms with E-state index in [0.717, 1.165) is 6.07 Å². The molecule has 36 heavy (non-hydrogen) atoms.